The van der Waals surface area contributed by atoms with Crippen LogP contribution in [0.2, 0.25) is 0 Å². The number of aliphatic hydroxyl groups excluding tert-OH is 1. The lowest BCUT2D eigenvalue weighted by atomic mass is 10.0. The second-order valence-electron chi connectivity index (χ2n) is 4.12. The molecule has 0 aliphatic rings. The molecule has 1 N–H and O–H groups in total. The van der Waals surface area contributed by atoms with Gasteiger partial charge >= 0.3 is 0 Å². The van der Waals surface area contributed by atoms with Crippen molar-refractivity contribution in [2.24, 2.45) is 5.92 Å². The summed E-state index contributed by atoms with van der Waals surface area (Å²) in [6.07, 6.45) is 12.0. The van der Waals surface area contributed by atoms with Gasteiger partial charge < -0.3 is 5.11 Å². The maximum atomic E-state index is 8.39. The van der Waals surface area contributed by atoms with Crippen LogP contribution >= 0.6 is 0 Å². The van der Waals surface area contributed by atoms with E-state index in [0.717, 1.165) is 18.6 Å². The van der Waals surface area contributed by atoms with Crippen LogP contribution in [0.1, 0.15) is 58.8 Å². The number of rotatable bonds is 8. The largest absolute Gasteiger partial charge is 0.516 e. The third kappa shape index (κ3) is 11.5. The van der Waals surface area contributed by atoms with Crippen molar-refractivity contribution in [3.8, 4) is 0 Å². The standard InChI is InChI=1S/C12H24O/c1-12(2)10-8-6-4-3-5-7-9-11-13/h9,11-13H,3-8,10H2,1-2H3. The van der Waals surface area contributed by atoms with Crippen molar-refractivity contribution in [2.75, 3.05) is 0 Å². The molecule has 1 nitrogen and oxygen atoms in total. The molecule has 0 amide bonds. The van der Waals surface area contributed by atoms with Gasteiger partial charge in [0.1, 0.15) is 0 Å². The monoisotopic (exact) mass is 184 g/mol. The Hall–Kier alpha value is -0.460. The molecule has 0 aliphatic carbocycles. The number of allylic oxidation sites excluding steroid dienone is 1. The van der Waals surface area contributed by atoms with Crippen LogP contribution in [0.15, 0.2) is 12.3 Å². The molecular formula is C12H24O. The fourth-order valence-electron chi connectivity index (χ4n) is 1.42. The Labute approximate surface area is 82.9 Å². The molecular weight excluding hydrogens is 160 g/mol. The van der Waals surface area contributed by atoms with Crippen LogP contribution in [-0.4, -0.2) is 5.11 Å². The van der Waals surface area contributed by atoms with E-state index < -0.39 is 0 Å². The molecule has 0 unspecified atom stereocenters. The minimum absolute atomic E-state index is 0.859. The van der Waals surface area contributed by atoms with Gasteiger partial charge in [-0.1, -0.05) is 52.0 Å². The van der Waals surface area contributed by atoms with Crippen LogP contribution in [0.5, 0.6) is 0 Å². The SMILES string of the molecule is CC(C)CCCCCCCC=CO. The summed E-state index contributed by atoms with van der Waals surface area (Å²) in [5.74, 6) is 0.859. The van der Waals surface area contributed by atoms with Crippen LogP contribution in [0.4, 0.5) is 0 Å². The Morgan fingerprint density at radius 3 is 2.23 bits per heavy atom. The van der Waals surface area contributed by atoms with E-state index >= 15 is 0 Å². The predicted molar refractivity (Wildman–Crippen MR) is 58.9 cm³/mol. The van der Waals surface area contributed by atoms with E-state index in [1.54, 1.807) is 0 Å². The number of aliphatic hydroxyl groups is 1. The molecule has 0 rings (SSSR count). The minimum Gasteiger partial charge on any atom is -0.516 e. The predicted octanol–water partition coefficient (Wildman–Crippen LogP) is 4.44. The highest BCUT2D eigenvalue weighted by molar-refractivity contribution is 4.70. The first-order valence-electron chi connectivity index (χ1n) is 5.56. The number of hydrogen-bond donors (Lipinski definition) is 1. The Morgan fingerprint density at radius 1 is 1.00 bits per heavy atom. The molecule has 0 aliphatic heterocycles. The molecule has 0 atom stereocenters. The quantitative estimate of drug-likeness (QED) is 0.436. The van der Waals surface area contributed by atoms with Crippen molar-refractivity contribution in [2.45, 2.75) is 58.8 Å². The van der Waals surface area contributed by atoms with Gasteiger partial charge in [-0.2, -0.15) is 0 Å². The van der Waals surface area contributed by atoms with Crippen molar-refractivity contribution < 1.29 is 5.11 Å². The lowest BCUT2D eigenvalue weighted by molar-refractivity contribution is 0.469. The second kappa shape index (κ2) is 9.63. The molecule has 78 valence electrons. The molecule has 0 aromatic carbocycles. The number of hydrogen-bond acceptors (Lipinski definition) is 1. The van der Waals surface area contributed by atoms with E-state index in [9.17, 15) is 0 Å². The summed E-state index contributed by atoms with van der Waals surface area (Å²) in [5, 5.41) is 8.39. The van der Waals surface area contributed by atoms with Gasteiger partial charge in [0.15, 0.2) is 0 Å². The zero-order chi connectivity index (χ0) is 9.94. The summed E-state index contributed by atoms with van der Waals surface area (Å²) in [6, 6.07) is 0. The zero-order valence-corrected chi connectivity index (χ0v) is 9.13. The first kappa shape index (κ1) is 12.5. The fraction of sp³-hybridized carbons (Fsp3) is 0.833. The van der Waals surface area contributed by atoms with Crippen molar-refractivity contribution >= 4 is 0 Å². The van der Waals surface area contributed by atoms with Crippen LogP contribution < -0.4 is 0 Å². The van der Waals surface area contributed by atoms with E-state index in [4.69, 9.17) is 5.11 Å². The van der Waals surface area contributed by atoms with Gasteiger partial charge in [-0.3, -0.25) is 0 Å². The summed E-state index contributed by atoms with van der Waals surface area (Å²) in [7, 11) is 0. The Kier molecular flexibility index (Phi) is 9.29. The normalized spacial score (nSPS) is 11.6. The molecule has 0 bridgehead atoms. The average molecular weight is 184 g/mol. The van der Waals surface area contributed by atoms with Gasteiger partial charge in [-0.05, 0) is 18.8 Å². The van der Waals surface area contributed by atoms with Gasteiger partial charge in [0.2, 0.25) is 0 Å². The van der Waals surface area contributed by atoms with Crippen molar-refractivity contribution in [1.29, 1.82) is 0 Å². The van der Waals surface area contributed by atoms with Crippen LogP contribution in [0.3, 0.4) is 0 Å². The topological polar surface area (TPSA) is 20.2 Å². The lowest BCUT2D eigenvalue weighted by Crippen LogP contribution is -1.86. The summed E-state index contributed by atoms with van der Waals surface area (Å²) in [6.45, 7) is 4.57. The number of unbranched alkanes of at least 4 members (excludes halogenated alkanes) is 5. The van der Waals surface area contributed by atoms with Crippen molar-refractivity contribution in [3.63, 3.8) is 0 Å². The molecule has 1 heteroatoms. The Morgan fingerprint density at radius 2 is 1.62 bits per heavy atom. The molecule has 0 fully saturated rings. The second-order valence-corrected chi connectivity index (χ2v) is 4.12. The highest BCUT2D eigenvalue weighted by Gasteiger charge is 1.93. The zero-order valence-electron chi connectivity index (χ0n) is 9.13. The van der Waals surface area contributed by atoms with Crippen LogP contribution in [-0.2, 0) is 0 Å². The van der Waals surface area contributed by atoms with Crippen LogP contribution in [0, 0.1) is 5.92 Å². The molecule has 0 heterocycles. The van der Waals surface area contributed by atoms with Gasteiger partial charge in [0.05, 0.1) is 6.26 Å². The summed E-state index contributed by atoms with van der Waals surface area (Å²) < 4.78 is 0. The summed E-state index contributed by atoms with van der Waals surface area (Å²) >= 11 is 0. The lowest BCUT2D eigenvalue weighted by Gasteiger charge is -2.03. The molecule has 0 saturated heterocycles. The molecule has 0 saturated carbocycles. The Bertz CT molecular complexity index is 116. The van der Waals surface area contributed by atoms with Gasteiger partial charge in [-0.15, -0.1) is 0 Å². The van der Waals surface area contributed by atoms with Gasteiger partial charge in [-0.25, -0.2) is 0 Å². The van der Waals surface area contributed by atoms with E-state index in [1.165, 1.54) is 38.5 Å². The first-order valence-corrected chi connectivity index (χ1v) is 5.56. The Balaban J connectivity index is 2.91. The average Bonchev–Trinajstić information content (AvgIpc) is 2.09. The van der Waals surface area contributed by atoms with E-state index in [0.29, 0.717) is 0 Å². The van der Waals surface area contributed by atoms with E-state index in [1.807, 2.05) is 6.08 Å². The highest BCUT2D eigenvalue weighted by Crippen LogP contribution is 2.11. The third-order valence-electron chi connectivity index (χ3n) is 2.26. The first-order chi connectivity index (χ1) is 6.27. The van der Waals surface area contributed by atoms with Gasteiger partial charge in [0.25, 0.3) is 0 Å². The van der Waals surface area contributed by atoms with Crippen LogP contribution in [0.25, 0.3) is 0 Å². The highest BCUT2D eigenvalue weighted by atomic mass is 16.2. The van der Waals surface area contributed by atoms with Crippen molar-refractivity contribution in [3.05, 3.63) is 12.3 Å². The molecule has 13 heavy (non-hydrogen) atoms. The maximum Gasteiger partial charge on any atom is 0.0751 e. The minimum atomic E-state index is 0.859. The van der Waals surface area contributed by atoms with E-state index in [2.05, 4.69) is 13.8 Å². The maximum absolute atomic E-state index is 8.39. The fourth-order valence-corrected chi connectivity index (χ4v) is 1.42. The molecule has 0 radical (unpaired) electrons. The molecule has 0 aromatic rings. The smallest absolute Gasteiger partial charge is 0.0751 e. The molecule has 0 spiro atoms. The molecule has 0 aromatic heterocycles. The van der Waals surface area contributed by atoms with Gasteiger partial charge in [0, 0.05) is 0 Å². The van der Waals surface area contributed by atoms with Crippen molar-refractivity contribution in [1.82, 2.24) is 0 Å². The summed E-state index contributed by atoms with van der Waals surface area (Å²) in [4.78, 5) is 0. The van der Waals surface area contributed by atoms with E-state index in [-0.39, 0.29) is 0 Å². The summed E-state index contributed by atoms with van der Waals surface area (Å²) in [5.41, 5.74) is 0. The third-order valence-corrected chi connectivity index (χ3v) is 2.26.